The van der Waals surface area contributed by atoms with Crippen molar-refractivity contribution in [3.8, 4) is 11.3 Å². The van der Waals surface area contributed by atoms with Crippen molar-refractivity contribution in [1.29, 1.82) is 0 Å². The lowest BCUT2D eigenvalue weighted by atomic mass is 9.99. The predicted octanol–water partition coefficient (Wildman–Crippen LogP) is 4.90. The summed E-state index contributed by atoms with van der Waals surface area (Å²) in [6.07, 6.45) is 3.37. The fraction of sp³-hybridized carbons (Fsp3) is 0.130. The summed E-state index contributed by atoms with van der Waals surface area (Å²) in [6.45, 7) is 4.26. The van der Waals surface area contributed by atoms with Crippen LogP contribution in [0.25, 0.3) is 33.3 Å². The van der Waals surface area contributed by atoms with E-state index in [1.54, 1.807) is 24.4 Å². The van der Waals surface area contributed by atoms with Crippen LogP contribution in [0.15, 0.2) is 66.2 Å². The number of fused-ring (bicyclic) bond motifs is 2. The van der Waals surface area contributed by atoms with Crippen LogP contribution < -0.4 is 4.98 Å². The van der Waals surface area contributed by atoms with Gasteiger partial charge in [0, 0.05) is 16.7 Å². The largest absolute Gasteiger partial charge is 0.337 e. The number of aromatic amines is 2. The minimum Gasteiger partial charge on any atom is -0.337 e. The molecule has 3 aromatic heterocycles. The smallest absolute Gasteiger partial charge is 0.296 e. The highest BCUT2D eigenvalue weighted by atomic mass is 32.2. The summed E-state index contributed by atoms with van der Waals surface area (Å²) < 4.78 is 0. The van der Waals surface area contributed by atoms with Gasteiger partial charge in [-0.2, -0.15) is 4.98 Å². The second-order valence-corrected chi connectivity index (χ2v) is 8.06. The van der Waals surface area contributed by atoms with Crippen LogP contribution in [-0.2, 0) is 5.75 Å². The van der Waals surface area contributed by atoms with Crippen molar-refractivity contribution in [2.24, 2.45) is 0 Å². The summed E-state index contributed by atoms with van der Waals surface area (Å²) in [5.74, 6) is 0.787. The molecule has 3 heterocycles. The zero-order valence-corrected chi connectivity index (χ0v) is 17.0. The second-order valence-electron chi connectivity index (χ2n) is 7.08. The summed E-state index contributed by atoms with van der Waals surface area (Å²) in [5, 5.41) is 2.19. The van der Waals surface area contributed by atoms with Gasteiger partial charge in [0.05, 0.1) is 17.5 Å². The summed E-state index contributed by atoms with van der Waals surface area (Å²) in [7, 11) is 0. The molecule has 2 aromatic carbocycles. The minimum absolute atomic E-state index is 0.720. The molecule has 0 aliphatic heterocycles. The number of aromatic nitrogens is 5. The Labute approximate surface area is 172 Å². The van der Waals surface area contributed by atoms with E-state index in [1.807, 2.05) is 0 Å². The van der Waals surface area contributed by atoms with E-state index < -0.39 is 0 Å². The quantitative estimate of drug-likeness (QED) is 0.345. The van der Waals surface area contributed by atoms with Gasteiger partial charge >= 0.3 is 0 Å². The van der Waals surface area contributed by atoms with Crippen LogP contribution in [0.3, 0.4) is 0 Å². The highest BCUT2D eigenvalue weighted by Crippen LogP contribution is 2.33. The van der Waals surface area contributed by atoms with Gasteiger partial charge in [0.2, 0.25) is 0 Å². The Morgan fingerprint density at radius 1 is 1.00 bits per heavy atom. The van der Waals surface area contributed by atoms with E-state index in [9.17, 15) is 0 Å². The van der Waals surface area contributed by atoms with Gasteiger partial charge in [-0.15, -0.1) is 0 Å². The Balaban J connectivity index is 1.63. The number of pyridine rings is 1. The van der Waals surface area contributed by atoms with E-state index in [0.717, 1.165) is 33.2 Å². The Kier molecular flexibility index (Phi) is 4.48. The van der Waals surface area contributed by atoms with Crippen LogP contribution in [0.2, 0.25) is 0 Å². The third kappa shape index (κ3) is 3.25. The van der Waals surface area contributed by atoms with E-state index in [4.69, 9.17) is 4.98 Å². The van der Waals surface area contributed by atoms with Crippen LogP contribution in [0, 0.1) is 13.8 Å². The maximum absolute atomic E-state index is 5.11. The van der Waals surface area contributed by atoms with E-state index >= 15 is 0 Å². The summed E-state index contributed by atoms with van der Waals surface area (Å²) in [4.78, 5) is 20.0. The molecule has 0 fully saturated rings. The summed E-state index contributed by atoms with van der Waals surface area (Å²) in [5.41, 5.74) is 8.57. The molecule has 0 aliphatic carbocycles. The lowest BCUT2D eigenvalue weighted by Crippen LogP contribution is -2.07. The SMILES string of the molecule is Cc1ccccc1-c1nc2c(C)cccc2cc1CSc1[nH+]cnc2nc[nH]c12. The molecule has 5 aromatic rings. The molecule has 0 bridgehead atoms. The molecule has 6 heteroatoms. The minimum atomic E-state index is 0.720. The van der Waals surface area contributed by atoms with Gasteiger partial charge in [-0.05, 0) is 41.6 Å². The Morgan fingerprint density at radius 2 is 1.86 bits per heavy atom. The van der Waals surface area contributed by atoms with Gasteiger partial charge in [0.1, 0.15) is 0 Å². The van der Waals surface area contributed by atoms with E-state index in [0.29, 0.717) is 0 Å². The first kappa shape index (κ1) is 17.8. The van der Waals surface area contributed by atoms with Crippen molar-refractivity contribution in [2.75, 3.05) is 0 Å². The van der Waals surface area contributed by atoms with Crippen LogP contribution in [0.5, 0.6) is 0 Å². The number of H-pyrrole nitrogens is 2. The number of aryl methyl sites for hydroxylation is 2. The standard InChI is InChI=1S/C23H19N5S/c1-14-6-3-4-9-18(14)20-17(10-16-8-5-7-15(2)19(16)28-20)11-29-23-21-22(25-12-24-21)26-13-27-23/h3-10,12-13H,11H2,1-2H3,(H,24,25,26,27)/p+1. The van der Waals surface area contributed by atoms with Gasteiger partial charge in [-0.25, -0.2) is 9.97 Å². The van der Waals surface area contributed by atoms with Gasteiger partial charge in [0.25, 0.3) is 12.0 Å². The van der Waals surface area contributed by atoms with Gasteiger partial charge in [-0.3, -0.25) is 0 Å². The first-order chi connectivity index (χ1) is 14.2. The fourth-order valence-electron chi connectivity index (χ4n) is 3.61. The molecule has 5 nitrogen and oxygen atoms in total. The number of nitrogens with one attached hydrogen (secondary N) is 2. The molecular formula is C23H20N5S+. The number of imidazole rings is 1. The molecule has 0 radical (unpaired) electrons. The zero-order valence-electron chi connectivity index (χ0n) is 16.2. The first-order valence-corrected chi connectivity index (χ1v) is 10.5. The molecule has 142 valence electrons. The number of nitrogens with zero attached hydrogens (tertiary/aromatic N) is 3. The number of hydrogen-bond donors (Lipinski definition) is 1. The average molecular weight is 399 g/mol. The van der Waals surface area contributed by atoms with E-state index in [1.165, 1.54) is 27.6 Å². The van der Waals surface area contributed by atoms with Crippen molar-refractivity contribution in [2.45, 2.75) is 24.6 Å². The Morgan fingerprint density at radius 3 is 2.76 bits per heavy atom. The van der Waals surface area contributed by atoms with Crippen LogP contribution in [-0.4, -0.2) is 19.9 Å². The van der Waals surface area contributed by atoms with Crippen LogP contribution >= 0.6 is 11.8 Å². The Bertz CT molecular complexity index is 1340. The van der Waals surface area contributed by atoms with E-state index in [-0.39, 0.29) is 0 Å². The van der Waals surface area contributed by atoms with Crippen molar-refractivity contribution in [1.82, 2.24) is 19.9 Å². The first-order valence-electron chi connectivity index (χ1n) is 9.48. The summed E-state index contributed by atoms with van der Waals surface area (Å²) in [6, 6.07) is 17.1. The number of hydrogen-bond acceptors (Lipinski definition) is 4. The molecule has 2 N–H and O–H groups in total. The third-order valence-corrected chi connectivity index (χ3v) is 6.19. The number of thioether (sulfide) groups is 1. The molecular weight excluding hydrogens is 378 g/mol. The highest BCUT2D eigenvalue weighted by Gasteiger charge is 2.16. The lowest BCUT2D eigenvalue weighted by molar-refractivity contribution is -0.428. The molecule has 0 unspecified atom stereocenters. The molecule has 0 spiro atoms. The molecule has 0 atom stereocenters. The molecule has 29 heavy (non-hydrogen) atoms. The maximum atomic E-state index is 5.11. The van der Waals surface area contributed by atoms with Crippen molar-refractivity contribution >= 4 is 33.8 Å². The normalized spacial score (nSPS) is 11.4. The third-order valence-electron chi connectivity index (χ3n) is 5.13. The number of para-hydroxylation sites is 1. The molecule has 0 aliphatic rings. The molecule has 0 saturated heterocycles. The highest BCUT2D eigenvalue weighted by molar-refractivity contribution is 7.98. The van der Waals surface area contributed by atoms with Crippen LogP contribution in [0.4, 0.5) is 0 Å². The predicted molar refractivity (Wildman–Crippen MR) is 117 cm³/mol. The van der Waals surface area contributed by atoms with Crippen molar-refractivity contribution in [3.05, 3.63) is 77.9 Å². The molecule has 0 saturated carbocycles. The van der Waals surface area contributed by atoms with Crippen LogP contribution in [0.1, 0.15) is 16.7 Å². The number of rotatable bonds is 4. The van der Waals surface area contributed by atoms with Gasteiger partial charge < -0.3 is 4.98 Å². The van der Waals surface area contributed by atoms with Gasteiger partial charge in [0.15, 0.2) is 10.5 Å². The maximum Gasteiger partial charge on any atom is 0.296 e. The van der Waals surface area contributed by atoms with E-state index in [2.05, 4.69) is 82.3 Å². The van der Waals surface area contributed by atoms with Gasteiger partial charge in [-0.1, -0.05) is 54.2 Å². The topological polar surface area (TPSA) is 68.6 Å². The molecule has 0 amide bonds. The lowest BCUT2D eigenvalue weighted by Gasteiger charge is -2.13. The monoisotopic (exact) mass is 398 g/mol. The second kappa shape index (κ2) is 7.29. The average Bonchev–Trinajstić information content (AvgIpc) is 3.22. The summed E-state index contributed by atoms with van der Waals surface area (Å²) >= 11 is 1.73. The fourth-order valence-corrected chi connectivity index (χ4v) is 4.56. The molecule has 5 rings (SSSR count). The van der Waals surface area contributed by atoms with Crippen molar-refractivity contribution < 1.29 is 4.98 Å². The zero-order chi connectivity index (χ0) is 19.8. The van der Waals surface area contributed by atoms with Crippen molar-refractivity contribution in [3.63, 3.8) is 0 Å². The number of benzene rings is 2. The Hall–Kier alpha value is -3.25.